The van der Waals surface area contributed by atoms with Gasteiger partial charge < -0.3 is 9.64 Å². The van der Waals surface area contributed by atoms with E-state index in [-0.39, 0.29) is 16.9 Å². The lowest BCUT2D eigenvalue weighted by Crippen LogP contribution is -2.48. The maximum atomic E-state index is 12.3. The topological polar surface area (TPSA) is 45.7 Å². The predicted molar refractivity (Wildman–Crippen MR) is 83.7 cm³/mol. The Bertz CT molecular complexity index is 579. The Kier molecular flexibility index (Phi) is 3.29. The maximum Gasteiger partial charge on any atom is 0.329 e. The van der Waals surface area contributed by atoms with E-state index in [0.29, 0.717) is 13.5 Å². The number of anilines is 1. The molecule has 0 radical (unpaired) electrons. The SMILES string of the molecule is CN1COCN(c2nc3c(s2)C(C)(C)CC(C)(C)C3)C1=O. The number of thiazole rings is 1. The van der Waals surface area contributed by atoms with Gasteiger partial charge in [-0.05, 0) is 18.3 Å². The zero-order valence-corrected chi connectivity index (χ0v) is 14.2. The van der Waals surface area contributed by atoms with Gasteiger partial charge in [-0.1, -0.05) is 27.7 Å². The Balaban J connectivity index is 1.97. The van der Waals surface area contributed by atoms with Crippen LogP contribution in [0.5, 0.6) is 0 Å². The van der Waals surface area contributed by atoms with Gasteiger partial charge in [-0.25, -0.2) is 14.7 Å². The van der Waals surface area contributed by atoms with Crippen molar-refractivity contribution in [2.75, 3.05) is 25.4 Å². The van der Waals surface area contributed by atoms with E-state index in [4.69, 9.17) is 9.72 Å². The number of rotatable bonds is 1. The van der Waals surface area contributed by atoms with Gasteiger partial charge in [-0.2, -0.15) is 0 Å². The van der Waals surface area contributed by atoms with Crippen LogP contribution in [0.4, 0.5) is 9.93 Å². The summed E-state index contributed by atoms with van der Waals surface area (Å²) >= 11 is 1.64. The molecular formula is C15H23N3O2S. The standard InChI is InChI=1S/C15H23N3O2S/c1-14(2)6-10-11(15(3,4)7-14)21-12(16-10)18-9-20-8-17(5)13(18)19/h6-9H2,1-5H3. The number of ether oxygens (including phenoxy) is 1. The maximum absolute atomic E-state index is 12.3. The number of fused-ring (bicyclic) bond motifs is 1. The van der Waals surface area contributed by atoms with Crippen molar-refractivity contribution < 1.29 is 9.53 Å². The highest BCUT2D eigenvalue weighted by Crippen LogP contribution is 2.49. The molecule has 0 saturated carbocycles. The van der Waals surface area contributed by atoms with Gasteiger partial charge in [0.25, 0.3) is 0 Å². The summed E-state index contributed by atoms with van der Waals surface area (Å²) in [5.41, 5.74) is 1.51. The smallest absolute Gasteiger partial charge is 0.329 e. The molecule has 21 heavy (non-hydrogen) atoms. The van der Waals surface area contributed by atoms with Gasteiger partial charge >= 0.3 is 6.03 Å². The fraction of sp³-hybridized carbons (Fsp3) is 0.733. The first-order valence-electron chi connectivity index (χ1n) is 7.30. The lowest BCUT2D eigenvalue weighted by atomic mass is 9.67. The Morgan fingerprint density at radius 2 is 1.95 bits per heavy atom. The van der Waals surface area contributed by atoms with Crippen LogP contribution in [0.15, 0.2) is 0 Å². The molecule has 6 heteroatoms. The van der Waals surface area contributed by atoms with Crippen molar-refractivity contribution in [3.63, 3.8) is 0 Å². The summed E-state index contributed by atoms with van der Waals surface area (Å²) < 4.78 is 5.44. The molecule has 1 fully saturated rings. The number of carbonyl (C=O) groups excluding carboxylic acids is 1. The molecule has 1 saturated heterocycles. The summed E-state index contributed by atoms with van der Waals surface area (Å²) in [6.45, 7) is 9.77. The van der Waals surface area contributed by atoms with Gasteiger partial charge in [0, 0.05) is 17.3 Å². The second kappa shape index (κ2) is 4.68. The van der Waals surface area contributed by atoms with Crippen LogP contribution in [-0.2, 0) is 16.6 Å². The van der Waals surface area contributed by atoms with Crippen LogP contribution in [0.2, 0.25) is 0 Å². The fourth-order valence-electron chi connectivity index (χ4n) is 3.62. The molecule has 0 N–H and O–H groups in total. The highest BCUT2D eigenvalue weighted by molar-refractivity contribution is 7.16. The van der Waals surface area contributed by atoms with Crippen LogP contribution < -0.4 is 4.90 Å². The highest BCUT2D eigenvalue weighted by Gasteiger charge is 2.41. The molecule has 0 spiro atoms. The van der Waals surface area contributed by atoms with Crippen LogP contribution >= 0.6 is 11.3 Å². The number of urea groups is 1. The molecule has 3 rings (SSSR count). The summed E-state index contributed by atoms with van der Waals surface area (Å²) in [7, 11) is 1.75. The molecule has 0 unspecified atom stereocenters. The molecule has 0 atom stereocenters. The Hall–Kier alpha value is -1.14. The highest BCUT2D eigenvalue weighted by atomic mass is 32.1. The zero-order chi connectivity index (χ0) is 15.4. The lowest BCUT2D eigenvalue weighted by molar-refractivity contribution is 0.0361. The molecule has 0 aromatic carbocycles. The first-order chi connectivity index (χ1) is 9.70. The van der Waals surface area contributed by atoms with E-state index in [1.54, 1.807) is 28.2 Å². The summed E-state index contributed by atoms with van der Waals surface area (Å²) in [5.74, 6) is 0. The van der Waals surface area contributed by atoms with E-state index in [2.05, 4.69) is 27.7 Å². The number of carbonyl (C=O) groups is 1. The van der Waals surface area contributed by atoms with E-state index in [9.17, 15) is 4.79 Å². The van der Waals surface area contributed by atoms with E-state index in [1.165, 1.54) is 4.88 Å². The number of nitrogens with zero attached hydrogens (tertiary/aromatic N) is 3. The summed E-state index contributed by atoms with van der Waals surface area (Å²) in [4.78, 5) is 21.6. The van der Waals surface area contributed by atoms with Gasteiger partial charge in [0.05, 0.1) is 5.69 Å². The normalized spacial score (nSPS) is 24.1. The largest absolute Gasteiger partial charge is 0.340 e. The van der Waals surface area contributed by atoms with E-state index < -0.39 is 0 Å². The average Bonchev–Trinajstić information content (AvgIpc) is 2.74. The van der Waals surface area contributed by atoms with Crippen molar-refractivity contribution in [3.05, 3.63) is 10.6 Å². The number of hydrogen-bond acceptors (Lipinski definition) is 4. The predicted octanol–water partition coefficient (Wildman–Crippen LogP) is 3.20. The molecule has 0 bridgehead atoms. The average molecular weight is 309 g/mol. The number of hydrogen-bond donors (Lipinski definition) is 0. The molecule has 1 aliphatic heterocycles. The Morgan fingerprint density at radius 1 is 1.24 bits per heavy atom. The van der Waals surface area contributed by atoms with Gasteiger partial charge in [-0.15, -0.1) is 11.3 Å². The van der Waals surface area contributed by atoms with Crippen molar-refractivity contribution in [1.82, 2.24) is 9.88 Å². The number of aromatic nitrogens is 1. The molecular weight excluding hydrogens is 286 g/mol. The van der Waals surface area contributed by atoms with Crippen LogP contribution in [0, 0.1) is 5.41 Å². The van der Waals surface area contributed by atoms with Crippen LogP contribution in [0.3, 0.4) is 0 Å². The van der Waals surface area contributed by atoms with E-state index in [1.807, 2.05) is 0 Å². The minimum absolute atomic E-state index is 0.0376. The van der Waals surface area contributed by atoms with Gasteiger partial charge in [0.2, 0.25) is 0 Å². The van der Waals surface area contributed by atoms with Crippen molar-refractivity contribution in [2.45, 2.75) is 46.0 Å². The Morgan fingerprint density at radius 3 is 2.67 bits per heavy atom. The van der Waals surface area contributed by atoms with Crippen LogP contribution in [0.25, 0.3) is 0 Å². The van der Waals surface area contributed by atoms with Crippen LogP contribution in [-0.4, -0.2) is 36.4 Å². The van der Waals surface area contributed by atoms with Gasteiger partial charge in [0.1, 0.15) is 13.5 Å². The first-order valence-corrected chi connectivity index (χ1v) is 8.12. The third-order valence-electron chi connectivity index (χ3n) is 4.16. The molecule has 2 aliphatic rings. The minimum atomic E-state index is -0.0376. The fourth-order valence-corrected chi connectivity index (χ4v) is 4.78. The summed E-state index contributed by atoms with van der Waals surface area (Å²) in [6.07, 6.45) is 2.11. The molecule has 116 valence electrons. The van der Waals surface area contributed by atoms with E-state index in [0.717, 1.165) is 23.7 Å². The van der Waals surface area contributed by atoms with E-state index >= 15 is 0 Å². The van der Waals surface area contributed by atoms with Gasteiger partial charge in [-0.3, -0.25) is 0 Å². The second-order valence-electron chi connectivity index (χ2n) is 7.54. The zero-order valence-electron chi connectivity index (χ0n) is 13.4. The monoisotopic (exact) mass is 309 g/mol. The molecule has 5 nitrogen and oxygen atoms in total. The van der Waals surface area contributed by atoms with Crippen molar-refractivity contribution in [2.24, 2.45) is 5.41 Å². The van der Waals surface area contributed by atoms with Gasteiger partial charge in [0.15, 0.2) is 5.13 Å². The summed E-state index contributed by atoms with van der Waals surface area (Å²) in [6, 6.07) is -0.0376. The molecule has 2 amide bonds. The molecule has 1 aromatic rings. The molecule has 1 aromatic heterocycles. The third-order valence-corrected chi connectivity index (χ3v) is 5.65. The molecule has 2 heterocycles. The first kappa shape index (κ1) is 14.8. The molecule has 1 aliphatic carbocycles. The van der Waals surface area contributed by atoms with Crippen molar-refractivity contribution in [1.29, 1.82) is 0 Å². The third kappa shape index (κ3) is 2.55. The second-order valence-corrected chi connectivity index (χ2v) is 8.52. The number of amides is 2. The van der Waals surface area contributed by atoms with Crippen LogP contribution in [0.1, 0.15) is 44.7 Å². The van der Waals surface area contributed by atoms with Crippen molar-refractivity contribution >= 4 is 22.5 Å². The quantitative estimate of drug-likeness (QED) is 0.800. The minimum Gasteiger partial charge on any atom is -0.340 e. The van der Waals surface area contributed by atoms with Crippen molar-refractivity contribution in [3.8, 4) is 0 Å². The Labute approximate surface area is 129 Å². The lowest BCUT2D eigenvalue weighted by Gasteiger charge is -2.39. The summed E-state index contributed by atoms with van der Waals surface area (Å²) in [5, 5.41) is 0.766.